The highest BCUT2D eigenvalue weighted by atomic mass is 16.5. The van der Waals surface area contributed by atoms with E-state index < -0.39 is 23.5 Å². The van der Waals surface area contributed by atoms with Crippen LogP contribution >= 0.6 is 0 Å². The Kier molecular flexibility index (Phi) is 4.50. The van der Waals surface area contributed by atoms with Crippen molar-refractivity contribution < 1.29 is 19.4 Å². The summed E-state index contributed by atoms with van der Waals surface area (Å²) in [5.41, 5.74) is -0.111. The van der Waals surface area contributed by atoms with Crippen molar-refractivity contribution in [3.63, 3.8) is 0 Å². The van der Waals surface area contributed by atoms with Gasteiger partial charge in [0.1, 0.15) is 6.61 Å². The van der Waals surface area contributed by atoms with Gasteiger partial charge in [0.05, 0.1) is 11.5 Å². The van der Waals surface area contributed by atoms with E-state index in [1.54, 1.807) is 13.8 Å². The number of carboxylic acids is 1. The molecule has 0 radical (unpaired) electrons. The number of hydrogen-bond donors (Lipinski definition) is 2. The Hall–Kier alpha value is -2.04. The van der Waals surface area contributed by atoms with E-state index in [0.717, 1.165) is 18.4 Å². The molecular weight excluding hydrogens is 270 g/mol. The Bertz CT molecular complexity index is 508. The van der Waals surface area contributed by atoms with E-state index >= 15 is 0 Å². The number of carboxylic acid groups (broad SMARTS) is 1. The second-order valence-electron chi connectivity index (χ2n) is 6.05. The Morgan fingerprint density at radius 3 is 2.48 bits per heavy atom. The number of rotatable bonds is 6. The molecular formula is C16H21NO4. The number of ether oxygens (including phenoxy) is 1. The van der Waals surface area contributed by atoms with Crippen molar-refractivity contribution in [2.24, 2.45) is 11.3 Å². The SMILES string of the molecule is CC(C)(C(=O)O)[C@H](NC(=O)OCc1ccccc1)C1CC1. The molecule has 2 N–H and O–H groups in total. The van der Waals surface area contributed by atoms with Crippen molar-refractivity contribution >= 4 is 12.1 Å². The molecule has 5 heteroatoms. The third-order valence-electron chi connectivity index (χ3n) is 3.91. The first-order valence-electron chi connectivity index (χ1n) is 7.12. The molecule has 0 aliphatic heterocycles. The molecule has 0 unspecified atom stereocenters. The molecule has 1 atom stereocenters. The van der Waals surface area contributed by atoms with Gasteiger partial charge < -0.3 is 15.2 Å². The average Bonchev–Trinajstić information content (AvgIpc) is 3.27. The molecule has 1 amide bonds. The van der Waals surface area contributed by atoms with Gasteiger partial charge in [0, 0.05) is 0 Å². The summed E-state index contributed by atoms with van der Waals surface area (Å²) in [6, 6.07) is 8.97. The summed E-state index contributed by atoms with van der Waals surface area (Å²) < 4.78 is 5.17. The lowest BCUT2D eigenvalue weighted by Gasteiger charge is -2.30. The Morgan fingerprint density at radius 1 is 1.33 bits per heavy atom. The maximum absolute atomic E-state index is 11.9. The molecule has 1 saturated carbocycles. The van der Waals surface area contributed by atoms with Crippen molar-refractivity contribution in [2.45, 2.75) is 39.3 Å². The second-order valence-corrected chi connectivity index (χ2v) is 6.05. The van der Waals surface area contributed by atoms with Gasteiger partial charge in [-0.2, -0.15) is 0 Å². The normalized spacial score (nSPS) is 16.1. The molecule has 1 aliphatic rings. The lowest BCUT2D eigenvalue weighted by atomic mass is 9.82. The minimum Gasteiger partial charge on any atom is -0.481 e. The van der Waals surface area contributed by atoms with Crippen molar-refractivity contribution in [1.82, 2.24) is 5.32 Å². The molecule has 1 fully saturated rings. The quantitative estimate of drug-likeness (QED) is 0.845. The van der Waals surface area contributed by atoms with E-state index in [4.69, 9.17) is 4.74 Å². The Morgan fingerprint density at radius 2 is 1.95 bits per heavy atom. The number of carbonyl (C=O) groups is 2. The first-order chi connectivity index (χ1) is 9.91. The number of nitrogens with one attached hydrogen (secondary N) is 1. The lowest BCUT2D eigenvalue weighted by molar-refractivity contribution is -0.148. The number of amides is 1. The predicted molar refractivity (Wildman–Crippen MR) is 77.7 cm³/mol. The maximum Gasteiger partial charge on any atom is 0.407 e. The van der Waals surface area contributed by atoms with Crippen LogP contribution < -0.4 is 5.32 Å². The minimum absolute atomic E-state index is 0.178. The van der Waals surface area contributed by atoms with Gasteiger partial charge in [-0.15, -0.1) is 0 Å². The molecule has 1 aromatic carbocycles. The Balaban J connectivity index is 1.92. The molecule has 1 aliphatic carbocycles. The number of carbonyl (C=O) groups excluding carboxylic acids is 1. The number of alkyl carbamates (subject to hydrolysis) is 1. The zero-order valence-electron chi connectivity index (χ0n) is 12.3. The van der Waals surface area contributed by atoms with Gasteiger partial charge in [-0.3, -0.25) is 4.79 Å². The average molecular weight is 291 g/mol. The molecule has 0 saturated heterocycles. The van der Waals surface area contributed by atoms with Gasteiger partial charge in [-0.05, 0) is 38.2 Å². The van der Waals surface area contributed by atoms with Gasteiger partial charge in [0.25, 0.3) is 0 Å². The first-order valence-corrected chi connectivity index (χ1v) is 7.12. The third-order valence-corrected chi connectivity index (χ3v) is 3.91. The fourth-order valence-corrected chi connectivity index (χ4v) is 2.34. The van der Waals surface area contributed by atoms with E-state index in [2.05, 4.69) is 5.32 Å². The Labute approximate surface area is 124 Å². The van der Waals surface area contributed by atoms with Gasteiger partial charge in [-0.1, -0.05) is 30.3 Å². The van der Waals surface area contributed by atoms with Crippen molar-refractivity contribution in [3.05, 3.63) is 35.9 Å². The maximum atomic E-state index is 11.9. The summed E-state index contributed by atoms with van der Waals surface area (Å²) in [5, 5.41) is 12.0. The van der Waals surface area contributed by atoms with Gasteiger partial charge in [0.2, 0.25) is 0 Å². The van der Waals surface area contributed by atoms with Crippen LogP contribution in [0.4, 0.5) is 4.79 Å². The molecule has 0 aromatic heterocycles. The summed E-state index contributed by atoms with van der Waals surface area (Å²) in [6.45, 7) is 3.45. The third kappa shape index (κ3) is 3.97. The number of benzene rings is 1. The molecule has 0 spiro atoms. The fourth-order valence-electron chi connectivity index (χ4n) is 2.34. The van der Waals surface area contributed by atoms with E-state index in [1.165, 1.54) is 0 Å². The van der Waals surface area contributed by atoms with Crippen LogP contribution in [0.5, 0.6) is 0 Å². The minimum atomic E-state index is -1.01. The summed E-state index contributed by atoms with van der Waals surface area (Å²) in [5.74, 6) is -0.692. The molecule has 0 bridgehead atoms. The van der Waals surface area contributed by atoms with Gasteiger partial charge in [0.15, 0.2) is 0 Å². The van der Waals surface area contributed by atoms with Crippen molar-refractivity contribution in [1.29, 1.82) is 0 Å². The van der Waals surface area contributed by atoms with Crippen LogP contribution in [-0.4, -0.2) is 23.2 Å². The first kappa shape index (κ1) is 15.4. The number of aliphatic carboxylic acids is 1. The van der Waals surface area contributed by atoms with Crippen LogP contribution in [-0.2, 0) is 16.1 Å². The molecule has 2 rings (SSSR count). The smallest absolute Gasteiger partial charge is 0.407 e. The molecule has 5 nitrogen and oxygen atoms in total. The molecule has 21 heavy (non-hydrogen) atoms. The van der Waals surface area contributed by atoms with E-state index in [-0.39, 0.29) is 12.5 Å². The molecule has 1 aromatic rings. The fraction of sp³-hybridized carbons (Fsp3) is 0.500. The molecule has 0 heterocycles. The van der Waals surface area contributed by atoms with E-state index in [0.29, 0.717) is 0 Å². The predicted octanol–water partition coefficient (Wildman–Crippen LogP) is 2.80. The van der Waals surface area contributed by atoms with Gasteiger partial charge in [-0.25, -0.2) is 4.79 Å². The second kappa shape index (κ2) is 6.16. The van der Waals surface area contributed by atoms with Crippen molar-refractivity contribution in [3.8, 4) is 0 Å². The van der Waals surface area contributed by atoms with Crippen LogP contribution in [0.15, 0.2) is 30.3 Å². The van der Waals surface area contributed by atoms with Crippen LogP contribution in [0, 0.1) is 11.3 Å². The van der Waals surface area contributed by atoms with E-state index in [1.807, 2.05) is 30.3 Å². The summed E-state index contributed by atoms with van der Waals surface area (Å²) in [4.78, 5) is 23.3. The van der Waals surface area contributed by atoms with Crippen LogP contribution in [0.25, 0.3) is 0 Å². The summed E-state index contributed by atoms with van der Waals surface area (Å²) in [7, 11) is 0. The van der Waals surface area contributed by atoms with E-state index in [9.17, 15) is 14.7 Å². The highest BCUT2D eigenvalue weighted by molar-refractivity contribution is 5.76. The zero-order chi connectivity index (χ0) is 15.5. The van der Waals surface area contributed by atoms with Crippen LogP contribution in [0.1, 0.15) is 32.3 Å². The van der Waals surface area contributed by atoms with Crippen LogP contribution in [0.2, 0.25) is 0 Å². The standard InChI is InChI=1S/C16H21NO4/c1-16(2,14(18)19)13(12-8-9-12)17-15(20)21-10-11-6-4-3-5-7-11/h3-7,12-13H,8-10H2,1-2H3,(H,17,20)(H,18,19)/t13-/m1/s1. The highest BCUT2D eigenvalue weighted by Crippen LogP contribution is 2.40. The monoisotopic (exact) mass is 291 g/mol. The van der Waals surface area contributed by atoms with Crippen molar-refractivity contribution in [2.75, 3.05) is 0 Å². The topological polar surface area (TPSA) is 75.6 Å². The van der Waals surface area contributed by atoms with Crippen LogP contribution in [0.3, 0.4) is 0 Å². The largest absolute Gasteiger partial charge is 0.481 e. The lowest BCUT2D eigenvalue weighted by Crippen LogP contribution is -2.50. The highest BCUT2D eigenvalue weighted by Gasteiger charge is 2.46. The molecule has 114 valence electrons. The zero-order valence-corrected chi connectivity index (χ0v) is 12.3. The van der Waals surface area contributed by atoms with Gasteiger partial charge >= 0.3 is 12.1 Å². The summed E-state index contributed by atoms with van der Waals surface area (Å²) in [6.07, 6.45) is 1.32. The number of hydrogen-bond acceptors (Lipinski definition) is 3. The summed E-state index contributed by atoms with van der Waals surface area (Å²) >= 11 is 0.